The van der Waals surface area contributed by atoms with Crippen LogP contribution in [0.3, 0.4) is 0 Å². The molecule has 2 atom stereocenters. The van der Waals surface area contributed by atoms with Crippen molar-refractivity contribution in [3.63, 3.8) is 0 Å². The largest absolute Gasteiger partial charge is 0.287 e. The molecule has 0 nitrogen and oxygen atoms in total. The van der Waals surface area contributed by atoms with Crippen LogP contribution in [0.4, 0.5) is 26.3 Å². The fourth-order valence-corrected chi connectivity index (χ4v) is 0.737. The number of rotatable bonds is 5. The van der Waals surface area contributed by atoms with Crippen LogP contribution < -0.4 is 0 Å². The Hall–Kier alpha value is -0.420. The first-order valence-corrected chi connectivity index (χ1v) is 3.75. The minimum absolute atomic E-state index is 0.244. The highest BCUT2D eigenvalue weighted by molar-refractivity contribution is 4.81. The van der Waals surface area contributed by atoms with Crippen LogP contribution in [0, 0.1) is 0 Å². The van der Waals surface area contributed by atoms with Crippen molar-refractivity contribution in [3.05, 3.63) is 0 Å². The van der Waals surface area contributed by atoms with Crippen molar-refractivity contribution in [3.8, 4) is 0 Å². The molecule has 0 spiro atoms. The summed E-state index contributed by atoms with van der Waals surface area (Å²) in [7, 11) is 0. The van der Waals surface area contributed by atoms with Gasteiger partial charge in [-0.1, -0.05) is 6.92 Å². The summed E-state index contributed by atoms with van der Waals surface area (Å²) >= 11 is 0. The zero-order valence-electron chi connectivity index (χ0n) is 6.91. The van der Waals surface area contributed by atoms with Gasteiger partial charge in [-0.25, -0.2) is 26.3 Å². The Morgan fingerprint density at radius 1 is 1.08 bits per heavy atom. The SMILES string of the molecule is CCC(F)CC(F)(F)[C@@H](F)C(F)F. The first-order valence-electron chi connectivity index (χ1n) is 3.75. The second kappa shape index (κ2) is 4.72. The van der Waals surface area contributed by atoms with Crippen molar-refractivity contribution >= 4 is 0 Å². The number of hydrogen-bond donors (Lipinski definition) is 0. The monoisotopic (exact) mass is 208 g/mol. The van der Waals surface area contributed by atoms with Crippen LogP contribution in [0.2, 0.25) is 0 Å². The second-order valence-corrected chi connectivity index (χ2v) is 2.71. The lowest BCUT2D eigenvalue weighted by atomic mass is 10.1. The smallest absolute Gasteiger partial charge is 0.247 e. The molecular weight excluding hydrogens is 198 g/mol. The summed E-state index contributed by atoms with van der Waals surface area (Å²) in [5.74, 6) is -4.29. The maximum Gasteiger partial charge on any atom is 0.287 e. The van der Waals surface area contributed by atoms with Crippen LogP contribution in [-0.4, -0.2) is 24.7 Å². The predicted molar refractivity (Wildman–Crippen MR) is 35.7 cm³/mol. The van der Waals surface area contributed by atoms with Crippen molar-refractivity contribution < 1.29 is 26.3 Å². The predicted octanol–water partition coefficient (Wildman–Crippen LogP) is 3.36. The summed E-state index contributed by atoms with van der Waals surface area (Å²) < 4.78 is 72.3. The van der Waals surface area contributed by atoms with Crippen molar-refractivity contribution in [1.29, 1.82) is 0 Å². The highest BCUT2D eigenvalue weighted by Gasteiger charge is 2.47. The van der Waals surface area contributed by atoms with E-state index in [1.165, 1.54) is 6.92 Å². The maximum absolute atomic E-state index is 12.4. The number of halogens is 6. The first kappa shape index (κ1) is 12.6. The summed E-state index contributed by atoms with van der Waals surface area (Å²) in [4.78, 5) is 0. The standard InChI is InChI=1S/C7H10F6/c1-2-4(8)3-7(12,13)5(9)6(10)11/h4-6H,2-3H2,1H3/t4?,5-/m0/s1. The average Bonchev–Trinajstić information content (AvgIpc) is 2.01. The molecule has 1 unspecified atom stereocenters. The van der Waals surface area contributed by atoms with E-state index in [0.717, 1.165) is 0 Å². The molecule has 0 fully saturated rings. The van der Waals surface area contributed by atoms with Crippen molar-refractivity contribution in [2.45, 2.75) is 44.5 Å². The lowest BCUT2D eigenvalue weighted by molar-refractivity contribution is -0.139. The van der Waals surface area contributed by atoms with E-state index in [0.29, 0.717) is 0 Å². The van der Waals surface area contributed by atoms with E-state index in [1.807, 2.05) is 0 Å². The zero-order valence-corrected chi connectivity index (χ0v) is 6.91. The van der Waals surface area contributed by atoms with Gasteiger partial charge in [0.1, 0.15) is 6.17 Å². The van der Waals surface area contributed by atoms with E-state index >= 15 is 0 Å². The number of alkyl halides is 6. The van der Waals surface area contributed by atoms with Crippen molar-refractivity contribution in [2.24, 2.45) is 0 Å². The summed E-state index contributed by atoms with van der Waals surface area (Å²) in [6, 6.07) is 0. The van der Waals surface area contributed by atoms with Crippen LogP contribution in [0.15, 0.2) is 0 Å². The van der Waals surface area contributed by atoms with E-state index in [2.05, 4.69) is 0 Å². The first-order chi connectivity index (χ1) is 5.81. The highest BCUT2D eigenvalue weighted by Crippen LogP contribution is 2.32. The second-order valence-electron chi connectivity index (χ2n) is 2.71. The molecule has 0 aliphatic carbocycles. The lowest BCUT2D eigenvalue weighted by Crippen LogP contribution is -2.37. The topological polar surface area (TPSA) is 0 Å². The Bertz CT molecular complexity index is 146. The molecule has 13 heavy (non-hydrogen) atoms. The molecule has 0 saturated heterocycles. The lowest BCUT2D eigenvalue weighted by Gasteiger charge is -2.21. The van der Waals surface area contributed by atoms with Gasteiger partial charge in [-0.05, 0) is 6.42 Å². The van der Waals surface area contributed by atoms with E-state index < -0.39 is 31.1 Å². The van der Waals surface area contributed by atoms with Gasteiger partial charge in [0.15, 0.2) is 0 Å². The minimum atomic E-state index is -4.29. The summed E-state index contributed by atoms with van der Waals surface area (Å²) in [5.41, 5.74) is 0. The molecule has 0 heterocycles. The van der Waals surface area contributed by atoms with Crippen molar-refractivity contribution in [1.82, 2.24) is 0 Å². The zero-order chi connectivity index (χ0) is 10.6. The Morgan fingerprint density at radius 3 is 1.85 bits per heavy atom. The molecule has 0 aromatic rings. The van der Waals surface area contributed by atoms with Gasteiger partial charge in [0.25, 0.3) is 12.3 Å². The maximum atomic E-state index is 12.4. The van der Waals surface area contributed by atoms with Crippen molar-refractivity contribution in [2.75, 3.05) is 0 Å². The normalized spacial score (nSPS) is 17.5. The molecule has 0 aliphatic rings. The Labute approximate surface area is 71.9 Å². The van der Waals surface area contributed by atoms with Gasteiger partial charge in [-0.2, -0.15) is 0 Å². The molecule has 0 radical (unpaired) electrons. The van der Waals surface area contributed by atoms with Crippen LogP contribution in [0.25, 0.3) is 0 Å². The van der Waals surface area contributed by atoms with Gasteiger partial charge in [0.05, 0.1) is 0 Å². The van der Waals surface area contributed by atoms with E-state index in [4.69, 9.17) is 0 Å². The van der Waals surface area contributed by atoms with Gasteiger partial charge in [-0.15, -0.1) is 0 Å². The van der Waals surface area contributed by atoms with Crippen LogP contribution in [0.5, 0.6) is 0 Å². The molecule has 0 aromatic heterocycles. The fraction of sp³-hybridized carbons (Fsp3) is 1.00. The van der Waals surface area contributed by atoms with E-state index in [1.54, 1.807) is 0 Å². The third-order valence-corrected chi connectivity index (χ3v) is 1.56. The Morgan fingerprint density at radius 2 is 1.54 bits per heavy atom. The molecule has 6 heteroatoms. The summed E-state index contributed by atoms with van der Waals surface area (Å²) in [6.45, 7) is 1.27. The van der Waals surface area contributed by atoms with Gasteiger partial charge in [0.2, 0.25) is 6.17 Å². The van der Waals surface area contributed by atoms with E-state index in [-0.39, 0.29) is 6.42 Å². The number of hydrogen-bond acceptors (Lipinski definition) is 0. The molecule has 0 rings (SSSR count). The average molecular weight is 208 g/mol. The molecule has 0 saturated carbocycles. The molecule has 0 aromatic carbocycles. The van der Waals surface area contributed by atoms with Crippen LogP contribution in [0.1, 0.15) is 19.8 Å². The van der Waals surface area contributed by atoms with Gasteiger partial charge < -0.3 is 0 Å². The van der Waals surface area contributed by atoms with Gasteiger partial charge in [-0.3, -0.25) is 0 Å². The fourth-order valence-electron chi connectivity index (χ4n) is 0.737. The van der Waals surface area contributed by atoms with Gasteiger partial charge >= 0.3 is 0 Å². The quantitative estimate of drug-likeness (QED) is 0.607. The third-order valence-electron chi connectivity index (χ3n) is 1.56. The van der Waals surface area contributed by atoms with Crippen LogP contribution in [-0.2, 0) is 0 Å². The van der Waals surface area contributed by atoms with Crippen LogP contribution >= 0.6 is 0 Å². The van der Waals surface area contributed by atoms with E-state index in [9.17, 15) is 26.3 Å². The summed E-state index contributed by atoms with van der Waals surface area (Å²) in [6.07, 6.45) is -11.1. The molecular formula is C7H10F6. The molecule has 0 amide bonds. The molecule has 80 valence electrons. The Balaban J connectivity index is 4.21. The summed E-state index contributed by atoms with van der Waals surface area (Å²) in [5, 5.41) is 0. The third kappa shape index (κ3) is 3.87. The molecule has 0 aliphatic heterocycles. The minimum Gasteiger partial charge on any atom is -0.247 e. The van der Waals surface area contributed by atoms with Gasteiger partial charge in [0, 0.05) is 6.42 Å². The molecule has 0 bridgehead atoms. The Kier molecular flexibility index (Phi) is 4.56. The highest BCUT2D eigenvalue weighted by atomic mass is 19.3. The molecule has 0 N–H and O–H groups in total.